The first-order chi connectivity index (χ1) is 13.6. The van der Waals surface area contributed by atoms with Gasteiger partial charge in [-0.15, -0.1) is 11.3 Å². The van der Waals surface area contributed by atoms with E-state index < -0.39 is 10.0 Å². The highest BCUT2D eigenvalue weighted by molar-refractivity contribution is 7.93. The van der Waals surface area contributed by atoms with Crippen LogP contribution < -0.4 is 10.0 Å². The molecule has 28 heavy (non-hydrogen) atoms. The van der Waals surface area contributed by atoms with Gasteiger partial charge in [-0.1, -0.05) is 18.2 Å². The molecule has 0 bridgehead atoms. The number of nitrogens with zero attached hydrogens (tertiary/aromatic N) is 2. The van der Waals surface area contributed by atoms with Crippen LogP contribution in [0.25, 0.3) is 27.0 Å². The molecular weight excluding hydrogens is 392 g/mol. The van der Waals surface area contributed by atoms with Crippen LogP contribution in [0.4, 0.5) is 5.69 Å². The average Bonchev–Trinajstić information content (AvgIpc) is 3.49. The summed E-state index contributed by atoms with van der Waals surface area (Å²) in [5.41, 5.74) is 4.73. The molecule has 8 heteroatoms. The minimum absolute atomic E-state index is 0.234. The zero-order valence-corrected chi connectivity index (χ0v) is 16.8. The molecule has 2 aliphatic rings. The summed E-state index contributed by atoms with van der Waals surface area (Å²) in [5.74, 6) is 0. The Morgan fingerprint density at radius 2 is 1.96 bits per heavy atom. The maximum atomic E-state index is 12.1. The molecule has 0 amide bonds. The number of benzene rings is 1. The highest BCUT2D eigenvalue weighted by Gasteiger charge is 2.35. The summed E-state index contributed by atoms with van der Waals surface area (Å²) < 4.78 is 27.9. The summed E-state index contributed by atoms with van der Waals surface area (Å²) in [5, 5.41) is 3.11. The quantitative estimate of drug-likeness (QED) is 0.668. The third kappa shape index (κ3) is 3.43. The van der Waals surface area contributed by atoms with E-state index in [0.717, 1.165) is 53.8 Å². The molecule has 0 saturated heterocycles. The fraction of sp³-hybridized carbons (Fsp3) is 0.300. The number of hydrogen-bond acceptors (Lipinski definition) is 6. The molecule has 5 rings (SSSR count). The Morgan fingerprint density at radius 1 is 1.14 bits per heavy atom. The lowest BCUT2D eigenvalue weighted by molar-refractivity contribution is 0.600. The van der Waals surface area contributed by atoms with Crippen LogP contribution in [0.15, 0.2) is 42.7 Å². The summed E-state index contributed by atoms with van der Waals surface area (Å²) >= 11 is 1.72. The molecule has 1 fully saturated rings. The van der Waals surface area contributed by atoms with Gasteiger partial charge in [0.15, 0.2) is 0 Å². The molecule has 0 spiro atoms. The molecule has 3 aromatic rings. The number of fused-ring (bicyclic) bond motifs is 1. The Balaban J connectivity index is 1.47. The summed E-state index contributed by atoms with van der Waals surface area (Å²) in [6, 6.07) is 9.56. The SMILES string of the molecule is O=S(=O)(Nc1ccc(-c2ncnc3cc(C4=CCNCC4)sc23)cc1)C1CC1. The Kier molecular flexibility index (Phi) is 4.41. The normalized spacial score (nSPS) is 17.5. The minimum Gasteiger partial charge on any atom is -0.313 e. The van der Waals surface area contributed by atoms with Crippen molar-refractivity contribution in [2.45, 2.75) is 24.5 Å². The molecule has 0 unspecified atom stereocenters. The lowest BCUT2D eigenvalue weighted by Crippen LogP contribution is -2.19. The van der Waals surface area contributed by atoms with Gasteiger partial charge in [-0.25, -0.2) is 18.4 Å². The average molecular weight is 413 g/mol. The second-order valence-electron chi connectivity index (χ2n) is 7.15. The van der Waals surface area contributed by atoms with Crippen LogP contribution in [-0.4, -0.2) is 36.7 Å². The van der Waals surface area contributed by atoms with Gasteiger partial charge in [0, 0.05) is 22.7 Å². The Morgan fingerprint density at radius 3 is 2.68 bits per heavy atom. The highest BCUT2D eigenvalue weighted by atomic mass is 32.2. The van der Waals surface area contributed by atoms with E-state index in [1.165, 1.54) is 10.5 Å². The molecule has 1 saturated carbocycles. The molecule has 1 aromatic carbocycles. The van der Waals surface area contributed by atoms with Gasteiger partial charge >= 0.3 is 0 Å². The number of sulfonamides is 1. The van der Waals surface area contributed by atoms with Gasteiger partial charge in [-0.3, -0.25) is 4.72 Å². The third-order valence-electron chi connectivity index (χ3n) is 5.07. The number of aromatic nitrogens is 2. The van der Waals surface area contributed by atoms with Crippen LogP contribution in [0.2, 0.25) is 0 Å². The monoisotopic (exact) mass is 412 g/mol. The van der Waals surface area contributed by atoms with Crippen molar-refractivity contribution in [3.05, 3.63) is 47.6 Å². The highest BCUT2D eigenvalue weighted by Crippen LogP contribution is 2.37. The van der Waals surface area contributed by atoms with Crippen molar-refractivity contribution in [3.63, 3.8) is 0 Å². The standard InChI is InChI=1S/C20H20N4O2S2/c25-28(26,16-5-6-16)24-15-3-1-14(2-4-15)19-20-17(22-12-23-19)11-18(27-20)13-7-9-21-10-8-13/h1-4,7,11-12,16,21,24H,5-6,8-10H2. The van der Waals surface area contributed by atoms with Gasteiger partial charge in [0.1, 0.15) is 6.33 Å². The van der Waals surface area contributed by atoms with E-state index in [1.807, 2.05) is 12.1 Å². The first kappa shape index (κ1) is 17.8. The fourth-order valence-corrected chi connectivity index (χ4v) is 5.97. The molecule has 1 aliphatic heterocycles. The predicted molar refractivity (Wildman–Crippen MR) is 114 cm³/mol. The van der Waals surface area contributed by atoms with Gasteiger partial charge in [0.25, 0.3) is 0 Å². The summed E-state index contributed by atoms with van der Waals surface area (Å²) in [6.45, 7) is 1.90. The van der Waals surface area contributed by atoms with E-state index in [1.54, 1.807) is 29.8 Å². The van der Waals surface area contributed by atoms with E-state index in [2.05, 4.69) is 32.1 Å². The van der Waals surface area contributed by atoms with Crippen molar-refractivity contribution < 1.29 is 8.42 Å². The van der Waals surface area contributed by atoms with E-state index in [-0.39, 0.29) is 5.25 Å². The number of thiophene rings is 1. The first-order valence-corrected chi connectivity index (χ1v) is 11.7. The van der Waals surface area contributed by atoms with Crippen molar-refractivity contribution in [2.75, 3.05) is 17.8 Å². The maximum Gasteiger partial charge on any atom is 0.235 e. The lowest BCUT2D eigenvalue weighted by atomic mass is 10.1. The molecule has 0 atom stereocenters. The van der Waals surface area contributed by atoms with Gasteiger partial charge in [-0.05, 0) is 49.6 Å². The van der Waals surface area contributed by atoms with Gasteiger partial charge in [-0.2, -0.15) is 0 Å². The Bertz CT molecular complexity index is 1160. The molecule has 144 valence electrons. The molecule has 0 radical (unpaired) electrons. The summed E-state index contributed by atoms with van der Waals surface area (Å²) in [7, 11) is -3.25. The van der Waals surface area contributed by atoms with Crippen molar-refractivity contribution in [2.24, 2.45) is 0 Å². The third-order valence-corrected chi connectivity index (χ3v) is 8.15. The number of nitrogens with one attached hydrogen (secondary N) is 2. The van der Waals surface area contributed by atoms with Crippen molar-refractivity contribution in [3.8, 4) is 11.3 Å². The topological polar surface area (TPSA) is 84.0 Å². The van der Waals surface area contributed by atoms with Crippen LogP contribution in [0.5, 0.6) is 0 Å². The molecule has 3 heterocycles. The van der Waals surface area contributed by atoms with Crippen LogP contribution >= 0.6 is 11.3 Å². The van der Waals surface area contributed by atoms with Gasteiger partial charge < -0.3 is 5.32 Å². The number of rotatable bonds is 5. The Labute approximate surface area is 167 Å². The van der Waals surface area contributed by atoms with Crippen LogP contribution in [0.3, 0.4) is 0 Å². The van der Waals surface area contributed by atoms with Gasteiger partial charge in [0.2, 0.25) is 10.0 Å². The molecular formula is C20H20N4O2S2. The van der Waals surface area contributed by atoms with Crippen LogP contribution in [-0.2, 0) is 10.0 Å². The Hall–Kier alpha value is -2.29. The molecule has 6 nitrogen and oxygen atoms in total. The van der Waals surface area contributed by atoms with E-state index in [0.29, 0.717) is 5.69 Å². The van der Waals surface area contributed by atoms with E-state index >= 15 is 0 Å². The van der Waals surface area contributed by atoms with Crippen molar-refractivity contribution in [1.29, 1.82) is 0 Å². The minimum atomic E-state index is -3.25. The molecule has 2 N–H and O–H groups in total. The number of anilines is 1. The first-order valence-electron chi connectivity index (χ1n) is 9.37. The fourth-order valence-electron chi connectivity index (χ4n) is 3.39. The van der Waals surface area contributed by atoms with Crippen molar-refractivity contribution in [1.82, 2.24) is 15.3 Å². The summed E-state index contributed by atoms with van der Waals surface area (Å²) in [6.07, 6.45) is 6.35. The largest absolute Gasteiger partial charge is 0.313 e. The zero-order chi connectivity index (χ0) is 19.1. The smallest absolute Gasteiger partial charge is 0.235 e. The zero-order valence-electron chi connectivity index (χ0n) is 15.2. The summed E-state index contributed by atoms with van der Waals surface area (Å²) in [4.78, 5) is 10.2. The maximum absolute atomic E-state index is 12.1. The van der Waals surface area contributed by atoms with E-state index in [4.69, 9.17) is 0 Å². The second kappa shape index (κ2) is 6.95. The molecule has 1 aliphatic carbocycles. The molecule has 2 aromatic heterocycles. The predicted octanol–water partition coefficient (Wildman–Crippen LogP) is 3.64. The second-order valence-corrected chi connectivity index (χ2v) is 10.2. The van der Waals surface area contributed by atoms with Crippen molar-refractivity contribution >= 4 is 42.8 Å². The lowest BCUT2D eigenvalue weighted by Gasteiger charge is -2.11. The van der Waals surface area contributed by atoms with Crippen LogP contribution in [0.1, 0.15) is 24.1 Å². The number of hydrogen-bond donors (Lipinski definition) is 2. The van der Waals surface area contributed by atoms with E-state index in [9.17, 15) is 8.42 Å². The van der Waals surface area contributed by atoms with Gasteiger partial charge in [0.05, 0.1) is 21.2 Å². The van der Waals surface area contributed by atoms with Crippen LogP contribution in [0, 0.1) is 0 Å².